The van der Waals surface area contributed by atoms with Gasteiger partial charge in [0.25, 0.3) is 0 Å². The van der Waals surface area contributed by atoms with Gasteiger partial charge in [0.2, 0.25) is 5.16 Å². The molecular weight excluding hydrogens is 469 g/mol. The van der Waals surface area contributed by atoms with Gasteiger partial charge in [0.1, 0.15) is 12.3 Å². The zero-order valence-electron chi connectivity index (χ0n) is 17.0. The maximum absolute atomic E-state index is 13.2. The topological polar surface area (TPSA) is 78.6 Å². The van der Waals surface area contributed by atoms with E-state index in [2.05, 4.69) is 0 Å². The highest BCUT2D eigenvalue weighted by molar-refractivity contribution is 7.91. The predicted molar refractivity (Wildman–Crippen MR) is 117 cm³/mol. The van der Waals surface area contributed by atoms with Crippen LogP contribution in [0.2, 0.25) is 0 Å². The van der Waals surface area contributed by atoms with Crippen molar-refractivity contribution in [2.45, 2.75) is 6.18 Å². The molecular formula is C21H21ClF3N2O4S+. The van der Waals surface area contributed by atoms with Crippen molar-refractivity contribution in [2.75, 3.05) is 26.0 Å². The van der Waals surface area contributed by atoms with Crippen molar-refractivity contribution in [3.8, 4) is 17.2 Å². The molecule has 32 heavy (non-hydrogen) atoms. The molecule has 0 fully saturated rings. The molecule has 0 saturated carbocycles. The van der Waals surface area contributed by atoms with E-state index in [1.165, 1.54) is 43.5 Å². The number of nitrogens with zero attached hydrogens (tertiary/aromatic N) is 1. The fraction of sp³-hybridized carbons (Fsp3) is 0.238. The van der Waals surface area contributed by atoms with Crippen molar-refractivity contribution in [3.05, 3.63) is 71.4 Å². The Labute approximate surface area is 188 Å². The van der Waals surface area contributed by atoms with Crippen LogP contribution in [0.25, 0.3) is 0 Å². The average Bonchev–Trinajstić information content (AvgIpc) is 2.73. The van der Waals surface area contributed by atoms with Gasteiger partial charge >= 0.3 is 16.2 Å². The number of hydrogen-bond acceptors (Lipinski definition) is 5. The molecule has 172 valence electrons. The molecule has 0 aliphatic carbocycles. The summed E-state index contributed by atoms with van der Waals surface area (Å²) in [6.07, 6.45) is -1.99. The number of ether oxygens (including phenoxy) is 2. The number of benzene rings is 2. The third kappa shape index (κ3) is 4.63. The molecule has 1 aliphatic heterocycles. The highest BCUT2D eigenvalue weighted by Crippen LogP contribution is 2.42. The van der Waals surface area contributed by atoms with Gasteiger partial charge in [-0.2, -0.15) is 21.6 Å². The van der Waals surface area contributed by atoms with Crippen LogP contribution in [-0.2, 0) is 10.0 Å². The molecule has 2 N–H and O–H groups in total. The predicted octanol–water partition coefficient (Wildman–Crippen LogP) is 4.67. The first-order chi connectivity index (χ1) is 15.0. The first kappa shape index (κ1) is 24.1. The van der Waals surface area contributed by atoms with Gasteiger partial charge in [-0.1, -0.05) is 12.1 Å². The maximum Gasteiger partial charge on any atom is 0.408 e. The van der Waals surface area contributed by atoms with Gasteiger partial charge in [0.05, 0.1) is 7.11 Å². The molecule has 2 aromatic rings. The van der Waals surface area contributed by atoms with Crippen LogP contribution in [0.4, 0.5) is 18.9 Å². The number of alkyl halides is 3. The highest BCUT2D eigenvalue weighted by Gasteiger charge is 2.54. The molecule has 3 rings (SSSR count). The van der Waals surface area contributed by atoms with E-state index in [1.54, 1.807) is 24.3 Å². The number of nitrogens with two attached hydrogens (primary N) is 1. The molecule has 2 aromatic carbocycles. The molecule has 0 saturated heterocycles. The largest absolute Gasteiger partial charge is 0.493 e. The fourth-order valence-electron chi connectivity index (χ4n) is 3.39. The molecule has 0 spiro atoms. The summed E-state index contributed by atoms with van der Waals surface area (Å²) in [5, 5.41) is -0.294. The summed E-state index contributed by atoms with van der Waals surface area (Å²) in [4.78, 5) is 0. The molecule has 1 unspecified atom stereocenters. The molecule has 1 heterocycles. The normalized spacial score (nSPS) is 19.2. The Morgan fingerprint density at radius 2 is 1.72 bits per heavy atom. The zero-order valence-corrected chi connectivity index (χ0v) is 18.5. The van der Waals surface area contributed by atoms with Gasteiger partial charge in [-0.3, -0.25) is 0 Å². The summed E-state index contributed by atoms with van der Waals surface area (Å²) < 4.78 is 75.4. The lowest BCUT2D eigenvalue weighted by atomic mass is 10.2. The number of quaternary nitrogens is 1. The Balaban J connectivity index is 2.07. The third-order valence-electron chi connectivity index (χ3n) is 4.86. The summed E-state index contributed by atoms with van der Waals surface area (Å²) in [6, 6.07) is 12.5. The van der Waals surface area contributed by atoms with Crippen molar-refractivity contribution in [2.24, 2.45) is 5.73 Å². The Kier molecular flexibility index (Phi) is 6.89. The average molecular weight is 490 g/mol. The number of rotatable bonds is 7. The van der Waals surface area contributed by atoms with E-state index in [0.29, 0.717) is 17.2 Å². The van der Waals surface area contributed by atoms with Gasteiger partial charge in [-0.25, -0.2) is 0 Å². The van der Waals surface area contributed by atoms with Gasteiger partial charge < -0.3 is 15.2 Å². The Bertz CT molecular complexity index is 1150. The minimum Gasteiger partial charge on any atom is -0.493 e. The minimum atomic E-state index is -4.95. The summed E-state index contributed by atoms with van der Waals surface area (Å²) in [7, 11) is -3.39. The number of methoxy groups -OCH3 is 1. The standard InChI is InChI=1S/C21H21ClF3N2O4S/c1-30-18-6-2-3-7-19(18)31-17-10-8-16(9-11-17)27(32(28,29)14-21(23,24)25)12-4-5-15(13-26)20(27)22/h2-11H,12-14,26H2,1H3/q+1. The lowest BCUT2D eigenvalue weighted by Crippen LogP contribution is -2.56. The number of hydrogen-bond donors (Lipinski definition) is 1. The van der Waals surface area contributed by atoms with Crippen LogP contribution in [0, 0.1) is 0 Å². The molecule has 0 aromatic heterocycles. The molecule has 11 heteroatoms. The first-order valence-corrected chi connectivity index (χ1v) is 11.4. The third-order valence-corrected chi connectivity index (χ3v) is 7.67. The summed E-state index contributed by atoms with van der Waals surface area (Å²) >= 11 is 6.39. The maximum atomic E-state index is 13.2. The van der Waals surface area contributed by atoms with Gasteiger partial charge in [-0.05, 0) is 48.0 Å². The quantitative estimate of drug-likeness (QED) is 0.452. The van der Waals surface area contributed by atoms with Crippen LogP contribution in [-0.4, -0.2) is 40.5 Å². The molecule has 0 amide bonds. The number of sulfonamides is 1. The monoisotopic (exact) mass is 489 g/mol. The smallest absolute Gasteiger partial charge is 0.408 e. The molecule has 1 aliphatic rings. The van der Waals surface area contributed by atoms with Crippen LogP contribution < -0.4 is 19.1 Å². The molecule has 6 nitrogen and oxygen atoms in total. The van der Waals surface area contributed by atoms with Crippen molar-refractivity contribution in [3.63, 3.8) is 0 Å². The summed E-state index contributed by atoms with van der Waals surface area (Å²) in [6.45, 7) is -0.445. The van der Waals surface area contributed by atoms with Crippen LogP contribution in [0.1, 0.15) is 0 Å². The fourth-order valence-corrected chi connectivity index (χ4v) is 5.77. The van der Waals surface area contributed by atoms with E-state index in [9.17, 15) is 21.6 Å². The van der Waals surface area contributed by atoms with E-state index in [4.69, 9.17) is 26.8 Å². The Hall–Kier alpha value is -2.53. The van der Waals surface area contributed by atoms with Gasteiger partial charge in [0, 0.05) is 24.3 Å². The van der Waals surface area contributed by atoms with E-state index in [-0.39, 0.29) is 29.5 Å². The summed E-state index contributed by atoms with van der Waals surface area (Å²) in [5.41, 5.74) is 5.91. The van der Waals surface area contributed by atoms with Crippen LogP contribution in [0.15, 0.2) is 71.4 Å². The van der Waals surface area contributed by atoms with Crippen molar-refractivity contribution < 1.29 is 31.1 Å². The minimum absolute atomic E-state index is 0.0296. The van der Waals surface area contributed by atoms with Crippen LogP contribution in [0.3, 0.4) is 0 Å². The molecule has 0 radical (unpaired) electrons. The van der Waals surface area contributed by atoms with Crippen molar-refractivity contribution in [1.82, 2.24) is 3.89 Å². The van der Waals surface area contributed by atoms with E-state index >= 15 is 0 Å². The van der Waals surface area contributed by atoms with Crippen molar-refractivity contribution >= 4 is 27.3 Å². The second-order valence-corrected chi connectivity index (χ2v) is 9.37. The molecule has 1 atom stereocenters. The highest BCUT2D eigenvalue weighted by atomic mass is 35.5. The Morgan fingerprint density at radius 3 is 2.28 bits per heavy atom. The zero-order chi connectivity index (χ0) is 23.6. The number of para-hydroxylation sites is 2. The van der Waals surface area contributed by atoms with Gasteiger partial charge in [-0.15, -0.1) is 3.89 Å². The summed E-state index contributed by atoms with van der Waals surface area (Å²) in [5.74, 6) is -0.814. The lowest BCUT2D eigenvalue weighted by molar-refractivity contribution is -0.106. The lowest BCUT2D eigenvalue weighted by Gasteiger charge is -2.37. The first-order valence-electron chi connectivity index (χ1n) is 9.39. The van der Waals surface area contributed by atoms with E-state index in [1.807, 2.05) is 0 Å². The van der Waals surface area contributed by atoms with E-state index in [0.717, 1.165) is 0 Å². The second kappa shape index (κ2) is 9.14. The van der Waals surface area contributed by atoms with Crippen molar-refractivity contribution in [1.29, 1.82) is 0 Å². The second-order valence-electron chi connectivity index (χ2n) is 6.93. The van der Waals surface area contributed by atoms with Crippen LogP contribution in [0.5, 0.6) is 17.2 Å². The molecule has 0 bridgehead atoms. The Morgan fingerprint density at radius 1 is 1.09 bits per heavy atom. The SMILES string of the molecule is COc1ccccc1Oc1ccc([N+]2(S(=O)(=O)CC(F)(F)F)CC=CC(CN)=C2Cl)cc1. The number of halogens is 4. The van der Waals surface area contributed by atoms with E-state index < -0.39 is 25.8 Å². The van der Waals surface area contributed by atoms with Gasteiger partial charge in [0.15, 0.2) is 22.9 Å². The van der Waals surface area contributed by atoms with Crippen LogP contribution >= 0.6 is 11.6 Å².